The molecule has 2 aromatic carbocycles. The van der Waals surface area contributed by atoms with E-state index in [0.29, 0.717) is 6.42 Å². The second-order valence-electron chi connectivity index (χ2n) is 9.66. The molecule has 0 fully saturated rings. The van der Waals surface area contributed by atoms with Gasteiger partial charge in [0.2, 0.25) is 0 Å². The van der Waals surface area contributed by atoms with Crippen LogP contribution in [0.4, 0.5) is 0 Å². The second kappa shape index (κ2) is 34.3. The molecule has 0 bridgehead atoms. The summed E-state index contributed by atoms with van der Waals surface area (Å²) in [5.74, 6) is 0. The van der Waals surface area contributed by atoms with Gasteiger partial charge in [-0.1, -0.05) is 71.0 Å². The molecule has 0 atom stereocenters. The minimum absolute atomic E-state index is 0.0278. The first kappa shape index (κ1) is 44.6. The van der Waals surface area contributed by atoms with Gasteiger partial charge in [-0.3, -0.25) is 0 Å². The van der Waals surface area contributed by atoms with Crippen LogP contribution in [0.1, 0.15) is 76.0 Å². The average molecular weight is 754 g/mol. The number of benzene rings is 2. The summed E-state index contributed by atoms with van der Waals surface area (Å²) in [7, 11) is 13.0. The summed E-state index contributed by atoms with van der Waals surface area (Å²) in [6, 6.07) is 15.9. The van der Waals surface area contributed by atoms with Gasteiger partial charge >= 0.3 is 102 Å². The van der Waals surface area contributed by atoms with E-state index in [4.69, 9.17) is 24.3 Å². The van der Waals surface area contributed by atoms with Crippen molar-refractivity contribution in [1.82, 2.24) is 0 Å². The normalized spacial score (nSPS) is 10.0. The first-order chi connectivity index (χ1) is 20.9. The molecule has 0 spiro atoms. The number of rotatable bonds is 15. The van der Waals surface area contributed by atoms with Gasteiger partial charge in [-0.2, -0.15) is 0 Å². The van der Waals surface area contributed by atoms with Gasteiger partial charge in [-0.15, -0.1) is 0 Å². The molecule has 6 radical (unpaired) electrons. The van der Waals surface area contributed by atoms with Crippen LogP contribution >= 0.6 is 15.9 Å². The van der Waals surface area contributed by atoms with Gasteiger partial charge in [0, 0.05) is 47.9 Å². The molecule has 0 saturated heterocycles. The minimum atomic E-state index is -1.85. The van der Waals surface area contributed by atoms with Crippen LogP contribution in [0.5, 0.6) is 0 Å². The van der Waals surface area contributed by atoms with E-state index < -0.39 is 32.1 Å². The van der Waals surface area contributed by atoms with Crippen molar-refractivity contribution in [3.05, 3.63) is 86.9 Å². The van der Waals surface area contributed by atoms with Crippen LogP contribution in [-0.2, 0) is 12.8 Å². The molecule has 11 heteroatoms. The molecule has 2 aromatic rings. The first-order valence-corrected chi connectivity index (χ1v) is 23.5. The molecule has 0 saturated carbocycles. The molecular formula is C32H56B6BrO3Sn-. The summed E-state index contributed by atoms with van der Waals surface area (Å²) >= 11 is 1.53. The molecule has 0 aromatic heterocycles. The fraction of sp³-hybridized carbons (Fsp3) is 0.500. The maximum Gasteiger partial charge on any atom is 0.0577 e. The zero-order chi connectivity index (χ0) is 34.2. The number of halogens is 1. The van der Waals surface area contributed by atoms with Gasteiger partial charge in [-0.25, -0.2) is 0 Å². The quantitative estimate of drug-likeness (QED) is 0.211. The topological polar surface area (TPSA) is 60.7 Å². The van der Waals surface area contributed by atoms with Gasteiger partial charge < -0.3 is 15.2 Å². The summed E-state index contributed by atoms with van der Waals surface area (Å²) in [6.45, 7) is 14.8. The Bertz CT molecular complexity index is 911. The van der Waals surface area contributed by atoms with Crippen LogP contribution in [0, 0.1) is 0 Å². The van der Waals surface area contributed by atoms with Crippen molar-refractivity contribution in [3.63, 3.8) is 0 Å². The molecule has 0 amide bonds. The van der Waals surface area contributed by atoms with E-state index >= 15 is 0 Å². The molecule has 2 rings (SSSR count). The van der Waals surface area contributed by atoms with Gasteiger partial charge in [0.25, 0.3) is 0 Å². The van der Waals surface area contributed by atoms with E-state index in [-0.39, 0.29) is 21.0 Å². The number of hydrogen-bond acceptors (Lipinski definition) is 3. The largest absolute Gasteiger partial charge is 0.503 e. The maximum atomic E-state index is 8.71. The third-order valence-electron chi connectivity index (χ3n) is 6.51. The summed E-state index contributed by atoms with van der Waals surface area (Å²) in [5, 5.41) is 25.3. The Morgan fingerprint density at radius 3 is 1.60 bits per heavy atom. The average Bonchev–Trinajstić information content (AvgIpc) is 2.99. The Balaban J connectivity index is -0.000000517. The molecule has 3 N–H and O–H groups in total. The number of hydrogen-bond donors (Lipinski definition) is 3. The standard InChI is InChI=1S/C10H12O.C8H9BrO.3C4H9.C2H3.B3H4O.B3H.Sn/c1-2-9-5-3-4-6-10(9)7-8-11;9-8-4-2-1-3-7(8)5-6-10;3*1-3-4-2;1-2;1-3(2)4;1-3-2;/h2-6,11H,1,7-8H2;1-4,10H,5-6H2;3*1,3-4H2,2H3;1H,2H2;4H,1H3;3H;/q;;;;;;-1;;/i;;;;;;;3T;. The summed E-state index contributed by atoms with van der Waals surface area (Å²) < 4.78 is 14.4. The Morgan fingerprint density at radius 2 is 1.26 bits per heavy atom. The molecule has 0 unspecified atom stereocenters. The SMILES string of the molecule is C=Cc1ccccc1CCO.C=[CH][Sn]([CH2]CCC)([CH2]CCC)[CH2]CCC.OCCc1ccccc1Br.[3H]B([B])[B].[B]B([BH3-])O. The van der Waals surface area contributed by atoms with Gasteiger partial charge in [0.1, 0.15) is 0 Å². The minimum Gasteiger partial charge on any atom is -0.503 e. The molecule has 3 nitrogen and oxygen atoms in total. The molecule has 232 valence electrons. The Morgan fingerprint density at radius 1 is 0.884 bits per heavy atom. The van der Waals surface area contributed by atoms with Crippen LogP contribution in [0.25, 0.3) is 6.08 Å². The van der Waals surface area contributed by atoms with Crippen molar-refractivity contribution >= 4 is 85.1 Å². The van der Waals surface area contributed by atoms with Crippen molar-refractivity contribution in [1.29, 1.82) is 1.34 Å². The zero-order valence-corrected chi connectivity index (χ0v) is 30.9. The van der Waals surface area contributed by atoms with Crippen molar-refractivity contribution < 1.29 is 15.2 Å². The van der Waals surface area contributed by atoms with E-state index in [1.807, 2.05) is 54.6 Å². The molecule has 0 aliphatic heterocycles. The van der Waals surface area contributed by atoms with Crippen LogP contribution in [0.2, 0.25) is 13.3 Å². The molecular weight excluding hydrogens is 696 g/mol. The summed E-state index contributed by atoms with van der Waals surface area (Å²) in [5.41, 5.74) is 3.43. The third kappa shape index (κ3) is 28.7. The second-order valence-corrected chi connectivity index (χ2v) is 23.7. The Labute approximate surface area is 285 Å². The van der Waals surface area contributed by atoms with E-state index in [9.17, 15) is 0 Å². The van der Waals surface area contributed by atoms with Gasteiger partial charge in [-0.05, 0) is 44.7 Å². The van der Waals surface area contributed by atoms with E-state index in [1.54, 1.807) is 13.3 Å². The van der Waals surface area contributed by atoms with Crippen LogP contribution < -0.4 is 0 Å². The summed E-state index contributed by atoms with van der Waals surface area (Å²) in [6.07, 6.45) is 11.7. The van der Waals surface area contributed by atoms with E-state index in [2.05, 4.69) is 69.4 Å². The van der Waals surface area contributed by atoms with E-state index in [0.717, 1.165) is 27.6 Å². The van der Waals surface area contributed by atoms with E-state index in [1.165, 1.54) is 38.5 Å². The monoisotopic (exact) mass is 755 g/mol. The van der Waals surface area contributed by atoms with Crippen LogP contribution in [0.3, 0.4) is 0 Å². The number of aliphatic hydroxyl groups excluding tert-OH is 2. The van der Waals surface area contributed by atoms with Crippen molar-refractivity contribution in [2.75, 3.05) is 13.2 Å². The third-order valence-corrected chi connectivity index (χ3v) is 21.3. The molecule has 0 aliphatic rings. The predicted octanol–water partition coefficient (Wildman–Crippen LogP) is 5.50. The number of unbranched alkanes of at least 4 members (excludes halogenated alkanes) is 3. The van der Waals surface area contributed by atoms with Crippen molar-refractivity contribution in [2.45, 2.75) is 85.4 Å². The molecule has 0 aliphatic carbocycles. The summed E-state index contributed by atoms with van der Waals surface area (Å²) in [4.78, 5) is 0. The molecule has 43 heavy (non-hydrogen) atoms. The Kier molecular flexibility index (Phi) is 35.6. The number of aliphatic hydroxyl groups is 2. The predicted molar refractivity (Wildman–Crippen MR) is 210 cm³/mol. The van der Waals surface area contributed by atoms with Crippen molar-refractivity contribution in [2.24, 2.45) is 0 Å². The fourth-order valence-corrected chi connectivity index (χ4v) is 17.6. The van der Waals surface area contributed by atoms with Crippen LogP contribution in [0.15, 0.2) is 70.3 Å². The Hall–Kier alpha value is -0.532. The molecule has 0 heterocycles. The van der Waals surface area contributed by atoms with Crippen molar-refractivity contribution in [3.8, 4) is 0 Å². The van der Waals surface area contributed by atoms with Crippen LogP contribution in [-0.4, -0.2) is 92.8 Å². The maximum absolute atomic E-state index is 8.71. The zero-order valence-electron chi connectivity index (χ0n) is 27.5. The fourth-order valence-electron chi connectivity index (χ4n) is 4.17. The van der Waals surface area contributed by atoms with Gasteiger partial charge in [0.15, 0.2) is 0 Å². The first-order valence-electron chi connectivity index (χ1n) is 15.6. The van der Waals surface area contributed by atoms with Gasteiger partial charge in [0.05, 0.1) is 6.70 Å². The smallest absolute Gasteiger partial charge is 0.0577 e.